The molecule has 0 spiro atoms. The van der Waals surface area contributed by atoms with Crippen LogP contribution in [0.15, 0.2) is 53.8 Å². The van der Waals surface area contributed by atoms with E-state index in [-0.39, 0.29) is 36.7 Å². The maximum Gasteiger partial charge on any atom is 0.262 e. The van der Waals surface area contributed by atoms with Crippen LogP contribution in [0.5, 0.6) is 11.5 Å². The van der Waals surface area contributed by atoms with Gasteiger partial charge in [-0.25, -0.2) is 9.37 Å². The number of carbonyl (C=O) groups excluding carboxylic acids is 1. The highest BCUT2D eigenvalue weighted by molar-refractivity contribution is 7.18. The van der Waals surface area contributed by atoms with E-state index in [4.69, 9.17) is 4.74 Å². The van der Waals surface area contributed by atoms with E-state index in [1.54, 1.807) is 24.4 Å². The summed E-state index contributed by atoms with van der Waals surface area (Å²) in [4.78, 5) is 35.0. The standard InChI is InChI=1S/C23H21FN4O3S/c1-14-15(2)32-22-21(14)23(30)28(13-27-22)9-7-20(29)26-11-16-5-6-19(18(24)10-16)31-17-4-3-8-25-12-17/h3-6,8,10,12-13H,7,9,11H2,1-2H3,(H,26,29). The molecule has 0 unspecified atom stereocenters. The topological polar surface area (TPSA) is 86.1 Å². The molecule has 0 radical (unpaired) electrons. The molecule has 0 bridgehead atoms. The van der Waals surface area contributed by atoms with Gasteiger partial charge in [0.2, 0.25) is 5.91 Å². The summed E-state index contributed by atoms with van der Waals surface area (Å²) in [6, 6.07) is 7.88. The van der Waals surface area contributed by atoms with Crippen LogP contribution in [0.2, 0.25) is 0 Å². The number of carbonyl (C=O) groups is 1. The van der Waals surface area contributed by atoms with Crippen LogP contribution < -0.4 is 15.6 Å². The lowest BCUT2D eigenvalue weighted by Crippen LogP contribution is -2.27. The van der Waals surface area contributed by atoms with Crippen LogP contribution in [0.25, 0.3) is 10.2 Å². The van der Waals surface area contributed by atoms with E-state index in [9.17, 15) is 14.0 Å². The second-order valence-corrected chi connectivity index (χ2v) is 8.49. The number of thiophene rings is 1. The number of rotatable bonds is 7. The first-order valence-electron chi connectivity index (χ1n) is 10.0. The summed E-state index contributed by atoms with van der Waals surface area (Å²) in [5.41, 5.74) is 1.38. The minimum Gasteiger partial charge on any atom is -0.453 e. The SMILES string of the molecule is Cc1sc2ncn(CCC(=O)NCc3ccc(Oc4cccnc4)c(F)c3)c(=O)c2c1C. The predicted molar refractivity (Wildman–Crippen MR) is 121 cm³/mol. The number of hydrogen-bond acceptors (Lipinski definition) is 6. The van der Waals surface area contributed by atoms with E-state index in [1.165, 1.54) is 40.6 Å². The summed E-state index contributed by atoms with van der Waals surface area (Å²) in [5.74, 6) is -0.267. The number of ether oxygens (including phenoxy) is 1. The Morgan fingerprint density at radius 2 is 2.12 bits per heavy atom. The smallest absolute Gasteiger partial charge is 0.262 e. The first kappa shape index (κ1) is 21.6. The van der Waals surface area contributed by atoms with Crippen LogP contribution in [-0.4, -0.2) is 20.4 Å². The van der Waals surface area contributed by atoms with Crippen LogP contribution >= 0.6 is 11.3 Å². The number of aryl methyl sites for hydroxylation is 3. The molecule has 0 atom stereocenters. The Labute approximate surface area is 187 Å². The van der Waals surface area contributed by atoms with Crippen molar-refractivity contribution >= 4 is 27.5 Å². The molecule has 9 heteroatoms. The van der Waals surface area contributed by atoms with Crippen molar-refractivity contribution < 1.29 is 13.9 Å². The molecule has 0 fully saturated rings. The predicted octanol–water partition coefficient (Wildman–Crippen LogP) is 4.11. The maximum absolute atomic E-state index is 14.3. The molecule has 1 amide bonds. The second-order valence-electron chi connectivity index (χ2n) is 7.29. The molecule has 7 nitrogen and oxygen atoms in total. The molecule has 0 aliphatic heterocycles. The fourth-order valence-corrected chi connectivity index (χ4v) is 4.20. The van der Waals surface area contributed by atoms with Crippen molar-refractivity contribution in [3.8, 4) is 11.5 Å². The Kier molecular flexibility index (Phi) is 6.27. The van der Waals surface area contributed by atoms with E-state index in [2.05, 4.69) is 15.3 Å². The normalized spacial score (nSPS) is 11.0. The average Bonchev–Trinajstić information content (AvgIpc) is 3.08. The summed E-state index contributed by atoms with van der Waals surface area (Å²) in [6.45, 7) is 4.24. The van der Waals surface area contributed by atoms with Gasteiger partial charge in [-0.2, -0.15) is 0 Å². The van der Waals surface area contributed by atoms with Gasteiger partial charge >= 0.3 is 0 Å². The van der Waals surface area contributed by atoms with Gasteiger partial charge in [0.15, 0.2) is 11.6 Å². The highest BCUT2D eigenvalue weighted by atomic mass is 32.1. The molecule has 4 rings (SSSR count). The van der Waals surface area contributed by atoms with Crippen LogP contribution in [0.4, 0.5) is 4.39 Å². The van der Waals surface area contributed by atoms with Crippen LogP contribution in [0, 0.1) is 19.7 Å². The molecule has 0 saturated heterocycles. The number of amides is 1. The first-order chi connectivity index (χ1) is 15.4. The van der Waals surface area contributed by atoms with Gasteiger partial charge in [0, 0.05) is 30.6 Å². The Morgan fingerprint density at radius 3 is 2.88 bits per heavy atom. The van der Waals surface area contributed by atoms with Gasteiger partial charge in [-0.1, -0.05) is 6.07 Å². The van der Waals surface area contributed by atoms with Gasteiger partial charge in [-0.15, -0.1) is 11.3 Å². The monoisotopic (exact) mass is 452 g/mol. The number of nitrogens with zero attached hydrogens (tertiary/aromatic N) is 3. The Bertz CT molecular complexity index is 1330. The molecule has 0 aliphatic carbocycles. The van der Waals surface area contributed by atoms with Crippen molar-refractivity contribution in [2.75, 3.05) is 0 Å². The molecular weight excluding hydrogens is 431 g/mol. The number of aromatic nitrogens is 3. The molecule has 3 heterocycles. The van der Waals surface area contributed by atoms with Crippen molar-refractivity contribution in [3.63, 3.8) is 0 Å². The fraction of sp³-hybridized carbons (Fsp3) is 0.217. The zero-order chi connectivity index (χ0) is 22.7. The lowest BCUT2D eigenvalue weighted by Gasteiger charge is -2.10. The third-order valence-corrected chi connectivity index (χ3v) is 6.20. The van der Waals surface area contributed by atoms with E-state index < -0.39 is 5.82 Å². The van der Waals surface area contributed by atoms with Gasteiger partial charge < -0.3 is 10.1 Å². The van der Waals surface area contributed by atoms with Crippen molar-refractivity contribution in [1.29, 1.82) is 0 Å². The van der Waals surface area contributed by atoms with Gasteiger partial charge in [-0.05, 0) is 49.2 Å². The average molecular weight is 453 g/mol. The quantitative estimate of drug-likeness (QED) is 0.456. The Hall–Kier alpha value is -3.59. The molecule has 0 aliphatic rings. The van der Waals surface area contributed by atoms with Crippen LogP contribution in [0.1, 0.15) is 22.4 Å². The third kappa shape index (κ3) is 4.67. The number of benzene rings is 1. The van der Waals surface area contributed by atoms with Gasteiger partial charge in [0.1, 0.15) is 10.6 Å². The Morgan fingerprint density at radius 1 is 1.28 bits per heavy atom. The summed E-state index contributed by atoms with van der Waals surface area (Å²) < 4.78 is 21.2. The highest BCUT2D eigenvalue weighted by Gasteiger charge is 2.13. The molecular formula is C23H21FN4O3S. The number of nitrogens with one attached hydrogen (secondary N) is 1. The number of pyridine rings is 1. The molecule has 1 aromatic carbocycles. The number of hydrogen-bond donors (Lipinski definition) is 1. The molecule has 1 N–H and O–H groups in total. The Balaban J connectivity index is 1.34. The number of halogens is 1. The number of fused-ring (bicyclic) bond motifs is 1. The fourth-order valence-electron chi connectivity index (χ4n) is 3.21. The summed E-state index contributed by atoms with van der Waals surface area (Å²) in [7, 11) is 0. The first-order valence-corrected chi connectivity index (χ1v) is 10.8. The molecule has 3 aromatic heterocycles. The lowest BCUT2D eigenvalue weighted by molar-refractivity contribution is -0.121. The lowest BCUT2D eigenvalue weighted by atomic mass is 10.2. The zero-order valence-electron chi connectivity index (χ0n) is 17.6. The molecule has 164 valence electrons. The highest BCUT2D eigenvalue weighted by Crippen LogP contribution is 2.26. The summed E-state index contributed by atoms with van der Waals surface area (Å²) in [5, 5.41) is 3.36. The van der Waals surface area contributed by atoms with Crippen molar-refractivity contribution in [2.45, 2.75) is 33.4 Å². The van der Waals surface area contributed by atoms with Gasteiger partial charge in [-0.3, -0.25) is 19.1 Å². The van der Waals surface area contributed by atoms with Crippen molar-refractivity contribution in [1.82, 2.24) is 19.9 Å². The van der Waals surface area contributed by atoms with Crippen LogP contribution in [-0.2, 0) is 17.9 Å². The van der Waals surface area contributed by atoms with Gasteiger partial charge in [0.25, 0.3) is 5.56 Å². The largest absolute Gasteiger partial charge is 0.453 e. The third-order valence-electron chi connectivity index (χ3n) is 5.08. The van der Waals surface area contributed by atoms with E-state index in [0.717, 1.165) is 10.4 Å². The van der Waals surface area contributed by atoms with Crippen LogP contribution in [0.3, 0.4) is 0 Å². The maximum atomic E-state index is 14.3. The zero-order valence-corrected chi connectivity index (χ0v) is 18.4. The van der Waals surface area contributed by atoms with E-state index in [0.29, 0.717) is 21.5 Å². The minimum absolute atomic E-state index is 0.0781. The molecule has 4 aromatic rings. The summed E-state index contributed by atoms with van der Waals surface area (Å²) in [6.07, 6.45) is 4.68. The van der Waals surface area contributed by atoms with Crippen molar-refractivity contribution in [3.05, 3.63) is 81.2 Å². The summed E-state index contributed by atoms with van der Waals surface area (Å²) >= 11 is 1.49. The van der Waals surface area contributed by atoms with Gasteiger partial charge in [0.05, 0.1) is 17.9 Å². The molecule has 32 heavy (non-hydrogen) atoms. The minimum atomic E-state index is -0.534. The molecule has 0 saturated carbocycles. The van der Waals surface area contributed by atoms with E-state index in [1.807, 2.05) is 13.8 Å². The van der Waals surface area contributed by atoms with Crippen molar-refractivity contribution in [2.24, 2.45) is 0 Å². The second kappa shape index (κ2) is 9.27. The van der Waals surface area contributed by atoms with E-state index >= 15 is 0 Å².